The molecule has 0 atom stereocenters. The summed E-state index contributed by atoms with van der Waals surface area (Å²) in [5.41, 5.74) is -0.136. The standard InChI is InChI=1S/C14H16F3N5O2/c1-21(6-11-18-8-24-20-11)12(23)7-22-10-5-3-2-4-9(10)13(19-22)14(15,16)17/h8H,2-7H2,1H3. The normalized spacial score (nSPS) is 14.5. The molecule has 0 saturated carbocycles. The fourth-order valence-corrected chi connectivity index (χ4v) is 2.84. The SMILES string of the molecule is CN(Cc1ncon1)C(=O)Cn1nc(C(F)(F)F)c2c1CCCC2. The quantitative estimate of drug-likeness (QED) is 0.846. The Morgan fingerprint density at radius 2 is 2.12 bits per heavy atom. The lowest BCUT2D eigenvalue weighted by Crippen LogP contribution is -2.31. The molecule has 0 fully saturated rings. The zero-order valence-electron chi connectivity index (χ0n) is 13.0. The third-order valence-corrected chi connectivity index (χ3v) is 4.02. The van der Waals surface area contributed by atoms with Gasteiger partial charge in [-0.1, -0.05) is 5.16 Å². The van der Waals surface area contributed by atoms with E-state index in [9.17, 15) is 18.0 Å². The topological polar surface area (TPSA) is 77.0 Å². The van der Waals surface area contributed by atoms with E-state index in [0.717, 1.165) is 12.8 Å². The van der Waals surface area contributed by atoms with Crippen molar-refractivity contribution in [3.8, 4) is 0 Å². The Balaban J connectivity index is 1.79. The third kappa shape index (κ3) is 3.26. The minimum atomic E-state index is -4.51. The van der Waals surface area contributed by atoms with Gasteiger partial charge in [-0.05, 0) is 25.7 Å². The third-order valence-electron chi connectivity index (χ3n) is 4.02. The zero-order valence-corrected chi connectivity index (χ0v) is 13.0. The molecule has 0 spiro atoms. The van der Waals surface area contributed by atoms with Gasteiger partial charge in [-0.2, -0.15) is 23.3 Å². The van der Waals surface area contributed by atoms with Gasteiger partial charge in [0.25, 0.3) is 0 Å². The second kappa shape index (κ2) is 6.25. The molecule has 1 amide bonds. The molecule has 0 unspecified atom stereocenters. The molecule has 0 bridgehead atoms. The van der Waals surface area contributed by atoms with Crippen LogP contribution in [0.5, 0.6) is 0 Å². The summed E-state index contributed by atoms with van der Waals surface area (Å²) in [4.78, 5) is 17.4. The molecule has 1 aliphatic rings. The number of fused-ring (bicyclic) bond motifs is 1. The van der Waals surface area contributed by atoms with E-state index in [2.05, 4.69) is 19.8 Å². The van der Waals surface area contributed by atoms with Crippen LogP contribution in [0.25, 0.3) is 0 Å². The Kier molecular flexibility index (Phi) is 4.29. The van der Waals surface area contributed by atoms with Crippen molar-refractivity contribution in [1.82, 2.24) is 24.8 Å². The molecule has 3 rings (SSSR count). The highest BCUT2D eigenvalue weighted by Gasteiger charge is 2.39. The van der Waals surface area contributed by atoms with Gasteiger partial charge in [-0.3, -0.25) is 9.48 Å². The van der Waals surface area contributed by atoms with Crippen LogP contribution in [0.4, 0.5) is 13.2 Å². The summed E-state index contributed by atoms with van der Waals surface area (Å²) in [7, 11) is 1.53. The van der Waals surface area contributed by atoms with Crippen LogP contribution in [-0.4, -0.2) is 37.8 Å². The Morgan fingerprint density at radius 3 is 2.79 bits per heavy atom. The zero-order chi connectivity index (χ0) is 17.3. The second-order valence-electron chi connectivity index (χ2n) is 5.73. The molecule has 0 aromatic carbocycles. The number of carbonyl (C=O) groups is 1. The minimum Gasteiger partial charge on any atom is -0.343 e. The van der Waals surface area contributed by atoms with E-state index in [1.807, 2.05) is 0 Å². The average Bonchev–Trinajstić information content (AvgIpc) is 3.15. The molecular formula is C14H16F3N5O2. The molecule has 10 heteroatoms. The van der Waals surface area contributed by atoms with Crippen molar-refractivity contribution in [3.05, 3.63) is 29.2 Å². The van der Waals surface area contributed by atoms with Crippen LogP contribution in [-0.2, 0) is 36.9 Å². The van der Waals surface area contributed by atoms with Gasteiger partial charge in [0.1, 0.15) is 6.54 Å². The number of hydrogen-bond acceptors (Lipinski definition) is 5. The van der Waals surface area contributed by atoms with Gasteiger partial charge >= 0.3 is 6.18 Å². The lowest BCUT2D eigenvalue weighted by molar-refractivity contribution is -0.142. The highest BCUT2D eigenvalue weighted by molar-refractivity contribution is 5.75. The number of likely N-dealkylation sites (N-methyl/N-ethyl adjacent to an activating group) is 1. The molecular weight excluding hydrogens is 327 g/mol. The average molecular weight is 343 g/mol. The van der Waals surface area contributed by atoms with Crippen LogP contribution in [0.3, 0.4) is 0 Å². The number of halogens is 3. The van der Waals surface area contributed by atoms with Crippen LogP contribution < -0.4 is 0 Å². The first kappa shape index (κ1) is 16.5. The van der Waals surface area contributed by atoms with Gasteiger partial charge < -0.3 is 9.42 Å². The Labute approximate surface area is 135 Å². The van der Waals surface area contributed by atoms with Crippen LogP contribution in [0, 0.1) is 0 Å². The number of hydrogen-bond donors (Lipinski definition) is 0. The Hall–Kier alpha value is -2.39. The van der Waals surface area contributed by atoms with E-state index < -0.39 is 11.9 Å². The van der Waals surface area contributed by atoms with Gasteiger partial charge in [0, 0.05) is 18.3 Å². The highest BCUT2D eigenvalue weighted by Crippen LogP contribution is 2.35. The minimum absolute atomic E-state index is 0.116. The van der Waals surface area contributed by atoms with Gasteiger partial charge in [0.05, 0.1) is 6.54 Å². The molecule has 0 saturated heterocycles. The van der Waals surface area contributed by atoms with Gasteiger partial charge in [0.15, 0.2) is 11.5 Å². The first-order valence-corrected chi connectivity index (χ1v) is 7.51. The fraction of sp³-hybridized carbons (Fsp3) is 0.571. The first-order valence-electron chi connectivity index (χ1n) is 7.51. The summed E-state index contributed by atoms with van der Waals surface area (Å²) in [6, 6.07) is 0. The Morgan fingerprint density at radius 1 is 1.38 bits per heavy atom. The summed E-state index contributed by atoms with van der Waals surface area (Å²) < 4.78 is 45.2. The molecule has 2 aromatic rings. The molecule has 2 heterocycles. The number of amides is 1. The smallest absolute Gasteiger partial charge is 0.343 e. The number of rotatable bonds is 4. The van der Waals surface area contributed by atoms with Crippen LogP contribution in [0.1, 0.15) is 35.6 Å². The summed E-state index contributed by atoms with van der Waals surface area (Å²) in [6.45, 7) is -0.127. The predicted octanol–water partition coefficient (Wildman–Crippen LogP) is 1.82. The maximum absolute atomic E-state index is 13.1. The summed E-state index contributed by atoms with van der Waals surface area (Å²) in [5, 5.41) is 7.28. The van der Waals surface area contributed by atoms with Gasteiger partial charge in [0.2, 0.25) is 12.3 Å². The van der Waals surface area contributed by atoms with E-state index in [1.165, 1.54) is 16.6 Å². The van der Waals surface area contributed by atoms with Crippen LogP contribution in [0.15, 0.2) is 10.9 Å². The van der Waals surface area contributed by atoms with Crippen molar-refractivity contribution >= 4 is 5.91 Å². The highest BCUT2D eigenvalue weighted by atomic mass is 19.4. The molecule has 0 N–H and O–H groups in total. The largest absolute Gasteiger partial charge is 0.435 e. The van der Waals surface area contributed by atoms with E-state index in [0.29, 0.717) is 30.8 Å². The van der Waals surface area contributed by atoms with E-state index in [4.69, 9.17) is 0 Å². The fourth-order valence-electron chi connectivity index (χ4n) is 2.84. The number of carbonyl (C=O) groups excluding carboxylic acids is 1. The predicted molar refractivity (Wildman–Crippen MR) is 74.6 cm³/mol. The molecule has 24 heavy (non-hydrogen) atoms. The molecule has 0 aliphatic heterocycles. The van der Waals surface area contributed by atoms with Crippen molar-refractivity contribution in [2.24, 2.45) is 0 Å². The molecule has 130 valence electrons. The lowest BCUT2D eigenvalue weighted by Gasteiger charge is -2.17. The van der Waals surface area contributed by atoms with E-state index in [-0.39, 0.29) is 24.6 Å². The molecule has 2 aromatic heterocycles. The Bertz CT molecular complexity index is 724. The summed E-state index contributed by atoms with van der Waals surface area (Å²) >= 11 is 0. The van der Waals surface area contributed by atoms with Crippen molar-refractivity contribution in [1.29, 1.82) is 0 Å². The van der Waals surface area contributed by atoms with Crippen molar-refractivity contribution in [2.75, 3.05) is 7.05 Å². The first-order chi connectivity index (χ1) is 11.4. The van der Waals surface area contributed by atoms with Gasteiger partial charge in [-0.25, -0.2) is 0 Å². The molecule has 0 radical (unpaired) electrons. The van der Waals surface area contributed by atoms with Crippen molar-refractivity contribution in [2.45, 2.75) is 44.9 Å². The van der Waals surface area contributed by atoms with Crippen LogP contribution >= 0.6 is 0 Å². The number of nitrogens with zero attached hydrogens (tertiary/aromatic N) is 5. The lowest BCUT2D eigenvalue weighted by atomic mass is 9.95. The van der Waals surface area contributed by atoms with Crippen molar-refractivity contribution < 1.29 is 22.5 Å². The maximum atomic E-state index is 13.1. The number of aromatic nitrogens is 4. The van der Waals surface area contributed by atoms with E-state index in [1.54, 1.807) is 0 Å². The monoisotopic (exact) mass is 343 g/mol. The molecule has 7 nitrogen and oxygen atoms in total. The number of alkyl halides is 3. The second-order valence-corrected chi connectivity index (χ2v) is 5.73. The van der Waals surface area contributed by atoms with Crippen molar-refractivity contribution in [3.63, 3.8) is 0 Å². The van der Waals surface area contributed by atoms with E-state index >= 15 is 0 Å². The maximum Gasteiger partial charge on any atom is 0.435 e. The molecule has 1 aliphatic carbocycles. The van der Waals surface area contributed by atoms with Gasteiger partial charge in [-0.15, -0.1) is 0 Å². The summed E-state index contributed by atoms with van der Waals surface area (Å²) in [6.07, 6.45) is -1.02. The van der Waals surface area contributed by atoms with Crippen LogP contribution in [0.2, 0.25) is 0 Å². The summed E-state index contributed by atoms with van der Waals surface area (Å²) in [5.74, 6) is -0.0475.